The maximum atomic E-state index is 7.84. The fraction of sp³-hybridized carbons (Fsp3) is 0.750. The summed E-state index contributed by atoms with van der Waals surface area (Å²) in [6, 6.07) is 0. The SMILES string of the molecule is Cc1nn(C)c(N2CCC3(CCCCC3)CC2)c1C(=N)N. The van der Waals surface area contributed by atoms with Crippen molar-refractivity contribution in [2.75, 3.05) is 18.0 Å². The van der Waals surface area contributed by atoms with Crippen molar-refractivity contribution in [1.29, 1.82) is 5.41 Å². The predicted octanol–water partition coefficient (Wildman–Crippen LogP) is 2.56. The van der Waals surface area contributed by atoms with Crippen molar-refractivity contribution in [2.45, 2.75) is 51.9 Å². The van der Waals surface area contributed by atoms with E-state index in [0.29, 0.717) is 5.41 Å². The third-order valence-electron chi connectivity index (χ3n) is 5.50. The van der Waals surface area contributed by atoms with Crippen LogP contribution in [0.5, 0.6) is 0 Å². The normalized spacial score (nSPS) is 21.7. The summed E-state index contributed by atoms with van der Waals surface area (Å²) in [5, 5.41) is 12.3. The highest BCUT2D eigenvalue weighted by molar-refractivity contribution is 6.00. The van der Waals surface area contributed by atoms with Gasteiger partial charge in [0.25, 0.3) is 0 Å². The van der Waals surface area contributed by atoms with E-state index in [2.05, 4.69) is 10.00 Å². The first-order valence-electron chi connectivity index (χ1n) is 8.15. The highest BCUT2D eigenvalue weighted by Crippen LogP contribution is 2.45. The summed E-state index contributed by atoms with van der Waals surface area (Å²) in [5.41, 5.74) is 8.05. The van der Waals surface area contributed by atoms with Crippen LogP contribution in [0.15, 0.2) is 0 Å². The van der Waals surface area contributed by atoms with Crippen molar-refractivity contribution in [3.63, 3.8) is 0 Å². The summed E-state index contributed by atoms with van der Waals surface area (Å²) in [5.74, 6) is 1.17. The number of aromatic nitrogens is 2. The van der Waals surface area contributed by atoms with E-state index in [4.69, 9.17) is 11.1 Å². The zero-order valence-electron chi connectivity index (χ0n) is 13.3. The molecular formula is C16H27N5. The summed E-state index contributed by atoms with van der Waals surface area (Å²) < 4.78 is 1.89. The first-order chi connectivity index (χ1) is 10.0. The van der Waals surface area contributed by atoms with E-state index in [1.165, 1.54) is 44.9 Å². The van der Waals surface area contributed by atoms with Crippen molar-refractivity contribution in [2.24, 2.45) is 18.2 Å². The molecule has 3 rings (SSSR count). The molecule has 1 aliphatic carbocycles. The van der Waals surface area contributed by atoms with Crippen LogP contribution in [0.1, 0.15) is 56.2 Å². The third kappa shape index (κ3) is 2.54. The Morgan fingerprint density at radius 2 is 1.76 bits per heavy atom. The van der Waals surface area contributed by atoms with E-state index in [-0.39, 0.29) is 5.84 Å². The summed E-state index contributed by atoms with van der Waals surface area (Å²) in [7, 11) is 1.96. The number of nitrogen functional groups attached to an aromatic ring is 1. The van der Waals surface area contributed by atoms with Gasteiger partial charge in [-0.15, -0.1) is 0 Å². The van der Waals surface area contributed by atoms with Crippen LogP contribution < -0.4 is 10.6 Å². The Morgan fingerprint density at radius 3 is 2.33 bits per heavy atom. The van der Waals surface area contributed by atoms with Crippen LogP contribution in [0.3, 0.4) is 0 Å². The van der Waals surface area contributed by atoms with Gasteiger partial charge >= 0.3 is 0 Å². The predicted molar refractivity (Wildman–Crippen MR) is 85.9 cm³/mol. The molecule has 1 saturated carbocycles. The van der Waals surface area contributed by atoms with Gasteiger partial charge in [-0.3, -0.25) is 10.1 Å². The third-order valence-corrected chi connectivity index (χ3v) is 5.50. The largest absolute Gasteiger partial charge is 0.384 e. The molecule has 0 atom stereocenters. The van der Waals surface area contributed by atoms with Gasteiger partial charge in [-0.2, -0.15) is 5.10 Å². The van der Waals surface area contributed by atoms with E-state index in [9.17, 15) is 0 Å². The van der Waals surface area contributed by atoms with Crippen molar-refractivity contribution in [3.8, 4) is 0 Å². The smallest absolute Gasteiger partial charge is 0.137 e. The Balaban J connectivity index is 1.79. The molecule has 2 aliphatic rings. The Bertz CT molecular complexity index is 529. The van der Waals surface area contributed by atoms with Crippen molar-refractivity contribution in [3.05, 3.63) is 11.3 Å². The maximum Gasteiger partial charge on any atom is 0.137 e. The minimum atomic E-state index is 0.133. The number of aryl methyl sites for hydroxylation is 2. The van der Waals surface area contributed by atoms with Crippen molar-refractivity contribution < 1.29 is 0 Å². The second-order valence-corrected chi connectivity index (χ2v) is 6.87. The number of rotatable bonds is 2. The second kappa shape index (κ2) is 5.35. The van der Waals surface area contributed by atoms with Gasteiger partial charge in [0.2, 0.25) is 0 Å². The van der Waals surface area contributed by atoms with E-state index in [0.717, 1.165) is 30.2 Å². The van der Waals surface area contributed by atoms with Gasteiger partial charge in [0.05, 0.1) is 11.3 Å². The number of nitrogens with zero attached hydrogens (tertiary/aromatic N) is 3. The second-order valence-electron chi connectivity index (χ2n) is 6.87. The zero-order valence-corrected chi connectivity index (χ0v) is 13.3. The van der Waals surface area contributed by atoms with Gasteiger partial charge in [-0.25, -0.2) is 0 Å². The molecule has 2 fully saturated rings. The molecule has 0 aromatic carbocycles. The van der Waals surface area contributed by atoms with Gasteiger partial charge in [0, 0.05) is 20.1 Å². The molecule has 116 valence electrons. The molecule has 5 heteroatoms. The van der Waals surface area contributed by atoms with Gasteiger partial charge < -0.3 is 10.6 Å². The van der Waals surface area contributed by atoms with E-state index < -0.39 is 0 Å². The molecule has 1 aromatic rings. The fourth-order valence-corrected chi connectivity index (χ4v) is 4.32. The number of amidine groups is 1. The van der Waals surface area contributed by atoms with E-state index >= 15 is 0 Å². The molecule has 5 nitrogen and oxygen atoms in total. The standard InChI is InChI=1S/C16H27N5/c1-12-13(14(17)18)15(20(2)19-12)21-10-8-16(9-11-21)6-4-3-5-7-16/h3-11H2,1-2H3,(H3,17,18). The highest BCUT2D eigenvalue weighted by Gasteiger charge is 2.36. The lowest BCUT2D eigenvalue weighted by Crippen LogP contribution is -2.42. The molecular weight excluding hydrogens is 262 g/mol. The topological polar surface area (TPSA) is 70.9 Å². The van der Waals surface area contributed by atoms with E-state index in [1.807, 2.05) is 18.7 Å². The Hall–Kier alpha value is -1.52. The Labute approximate surface area is 127 Å². The molecule has 0 unspecified atom stereocenters. The van der Waals surface area contributed by atoms with Crippen LogP contribution in [-0.2, 0) is 7.05 Å². The molecule has 0 bridgehead atoms. The maximum absolute atomic E-state index is 7.84. The Kier molecular flexibility index (Phi) is 3.68. The van der Waals surface area contributed by atoms with Gasteiger partial charge in [-0.1, -0.05) is 19.3 Å². The van der Waals surface area contributed by atoms with Crippen LogP contribution in [-0.4, -0.2) is 28.7 Å². The fourth-order valence-electron chi connectivity index (χ4n) is 4.32. The number of hydrogen-bond acceptors (Lipinski definition) is 3. The monoisotopic (exact) mass is 289 g/mol. The van der Waals surface area contributed by atoms with Gasteiger partial charge in [0.1, 0.15) is 11.7 Å². The summed E-state index contributed by atoms with van der Waals surface area (Å²) in [6.07, 6.45) is 9.59. The summed E-state index contributed by atoms with van der Waals surface area (Å²) in [6.45, 7) is 4.07. The Morgan fingerprint density at radius 1 is 1.14 bits per heavy atom. The quantitative estimate of drug-likeness (QED) is 0.649. The van der Waals surface area contributed by atoms with Crippen LogP contribution in [0, 0.1) is 17.7 Å². The number of piperidine rings is 1. The molecule has 1 spiro atoms. The molecule has 2 heterocycles. The van der Waals surface area contributed by atoms with Crippen LogP contribution in [0.2, 0.25) is 0 Å². The molecule has 21 heavy (non-hydrogen) atoms. The van der Waals surface area contributed by atoms with Crippen LogP contribution in [0.4, 0.5) is 5.82 Å². The lowest BCUT2D eigenvalue weighted by molar-refractivity contribution is 0.144. The molecule has 3 N–H and O–H groups in total. The van der Waals surface area contributed by atoms with Gasteiger partial charge in [0.15, 0.2) is 0 Å². The molecule has 1 aromatic heterocycles. The molecule has 1 saturated heterocycles. The zero-order chi connectivity index (χ0) is 15.0. The molecule has 0 radical (unpaired) electrons. The summed E-state index contributed by atoms with van der Waals surface area (Å²) >= 11 is 0. The van der Waals surface area contributed by atoms with Crippen LogP contribution in [0.25, 0.3) is 0 Å². The lowest BCUT2D eigenvalue weighted by atomic mass is 9.68. The average molecular weight is 289 g/mol. The van der Waals surface area contributed by atoms with Crippen LogP contribution >= 0.6 is 0 Å². The number of hydrogen-bond donors (Lipinski definition) is 2. The minimum absolute atomic E-state index is 0.133. The molecule has 1 aliphatic heterocycles. The first-order valence-corrected chi connectivity index (χ1v) is 8.15. The minimum Gasteiger partial charge on any atom is -0.384 e. The number of anilines is 1. The molecule has 0 amide bonds. The van der Waals surface area contributed by atoms with E-state index in [1.54, 1.807) is 0 Å². The first kappa shape index (κ1) is 14.4. The average Bonchev–Trinajstić information content (AvgIpc) is 2.75. The van der Waals surface area contributed by atoms with Crippen molar-refractivity contribution in [1.82, 2.24) is 9.78 Å². The van der Waals surface area contributed by atoms with Gasteiger partial charge in [-0.05, 0) is 38.0 Å². The lowest BCUT2D eigenvalue weighted by Gasteiger charge is -2.45. The number of nitrogens with one attached hydrogen (secondary N) is 1. The number of nitrogens with two attached hydrogens (primary N) is 1. The summed E-state index contributed by atoms with van der Waals surface area (Å²) in [4.78, 5) is 2.39. The van der Waals surface area contributed by atoms with Crippen molar-refractivity contribution >= 4 is 11.7 Å². The highest BCUT2D eigenvalue weighted by atomic mass is 15.4.